The number of carbonyl (C=O) groups excluding carboxylic acids is 2. The van der Waals surface area contributed by atoms with Gasteiger partial charge in [0.15, 0.2) is 9.84 Å². The van der Waals surface area contributed by atoms with Crippen molar-refractivity contribution in [2.24, 2.45) is 0 Å². The van der Waals surface area contributed by atoms with E-state index < -0.39 is 27.7 Å². The van der Waals surface area contributed by atoms with Gasteiger partial charge in [0.05, 0.1) is 11.5 Å². The first-order chi connectivity index (χ1) is 10.2. The van der Waals surface area contributed by atoms with E-state index in [1.54, 1.807) is 12.1 Å². The molecule has 22 heavy (non-hydrogen) atoms. The van der Waals surface area contributed by atoms with Gasteiger partial charge >= 0.3 is 11.8 Å². The van der Waals surface area contributed by atoms with Crippen molar-refractivity contribution in [3.63, 3.8) is 0 Å². The van der Waals surface area contributed by atoms with E-state index in [1.807, 2.05) is 19.9 Å². The lowest BCUT2D eigenvalue weighted by atomic mass is 10.1. The maximum atomic E-state index is 12.1. The molecular formula is C15H20N2O4S. The summed E-state index contributed by atoms with van der Waals surface area (Å²) in [5.41, 5.74) is 2.66. The minimum absolute atomic E-state index is 0.0636. The lowest BCUT2D eigenvalue weighted by Gasteiger charge is -2.22. The molecule has 1 unspecified atom stereocenters. The van der Waals surface area contributed by atoms with E-state index in [0.717, 1.165) is 11.1 Å². The Bertz CT molecular complexity index is 712. The molecule has 1 N–H and O–H groups in total. The quantitative estimate of drug-likeness (QED) is 0.819. The Balaban J connectivity index is 2.02. The van der Waals surface area contributed by atoms with Crippen LogP contribution >= 0.6 is 0 Å². The van der Waals surface area contributed by atoms with Gasteiger partial charge in [-0.15, -0.1) is 0 Å². The summed E-state index contributed by atoms with van der Waals surface area (Å²) in [6.45, 7) is 3.88. The molecule has 1 aliphatic rings. The first kappa shape index (κ1) is 16.5. The minimum atomic E-state index is -3.09. The topological polar surface area (TPSA) is 83.6 Å². The van der Waals surface area contributed by atoms with E-state index in [2.05, 4.69) is 5.32 Å². The van der Waals surface area contributed by atoms with Crippen LogP contribution in [0.15, 0.2) is 18.2 Å². The molecule has 0 spiro atoms. The number of hydrogen-bond acceptors (Lipinski definition) is 4. The van der Waals surface area contributed by atoms with Crippen molar-refractivity contribution in [3.8, 4) is 0 Å². The van der Waals surface area contributed by atoms with E-state index in [-0.39, 0.29) is 11.5 Å². The molecular weight excluding hydrogens is 304 g/mol. The number of rotatable bonds is 2. The summed E-state index contributed by atoms with van der Waals surface area (Å²) in [6.07, 6.45) is 0.376. The molecule has 7 heteroatoms. The minimum Gasteiger partial charge on any atom is -0.333 e. The Morgan fingerprint density at radius 3 is 2.45 bits per heavy atom. The lowest BCUT2D eigenvalue weighted by Crippen LogP contribution is -2.43. The van der Waals surface area contributed by atoms with E-state index in [0.29, 0.717) is 12.1 Å². The molecule has 120 valence electrons. The predicted molar refractivity (Wildman–Crippen MR) is 84.4 cm³/mol. The normalized spacial score (nSPS) is 19.7. The van der Waals surface area contributed by atoms with Gasteiger partial charge in [0.1, 0.15) is 0 Å². The third-order valence-corrected chi connectivity index (χ3v) is 5.79. The molecule has 1 aliphatic heterocycles. The van der Waals surface area contributed by atoms with Crippen LogP contribution in [0.3, 0.4) is 0 Å². The number of anilines is 1. The third-order valence-electron chi connectivity index (χ3n) is 4.04. The molecule has 2 amide bonds. The van der Waals surface area contributed by atoms with Crippen LogP contribution in [-0.2, 0) is 19.4 Å². The van der Waals surface area contributed by atoms with Crippen molar-refractivity contribution in [1.29, 1.82) is 0 Å². The van der Waals surface area contributed by atoms with Crippen LogP contribution in [-0.4, -0.2) is 49.7 Å². The molecule has 1 aromatic carbocycles. The van der Waals surface area contributed by atoms with Crippen molar-refractivity contribution in [2.45, 2.75) is 26.3 Å². The summed E-state index contributed by atoms with van der Waals surface area (Å²) in [5, 5.41) is 2.56. The highest BCUT2D eigenvalue weighted by Crippen LogP contribution is 2.18. The Kier molecular flexibility index (Phi) is 4.55. The van der Waals surface area contributed by atoms with E-state index in [4.69, 9.17) is 0 Å². The van der Waals surface area contributed by atoms with Crippen molar-refractivity contribution in [2.75, 3.05) is 23.9 Å². The van der Waals surface area contributed by atoms with Crippen molar-refractivity contribution >= 4 is 27.3 Å². The number of amides is 2. The molecule has 1 aromatic rings. The van der Waals surface area contributed by atoms with Gasteiger partial charge in [0.2, 0.25) is 0 Å². The van der Waals surface area contributed by atoms with Gasteiger partial charge in [-0.1, -0.05) is 6.07 Å². The highest BCUT2D eigenvalue weighted by molar-refractivity contribution is 7.91. The molecule has 6 nitrogen and oxygen atoms in total. The SMILES string of the molecule is Cc1ccc(NC(=O)C(=O)N(C)C2CCS(=O)(=O)C2)cc1C. The largest absolute Gasteiger partial charge is 0.333 e. The van der Waals surface area contributed by atoms with Gasteiger partial charge in [-0.3, -0.25) is 9.59 Å². The molecule has 0 aliphatic carbocycles. The highest BCUT2D eigenvalue weighted by atomic mass is 32.2. The van der Waals surface area contributed by atoms with E-state index in [1.165, 1.54) is 11.9 Å². The van der Waals surface area contributed by atoms with Gasteiger partial charge in [0.25, 0.3) is 0 Å². The van der Waals surface area contributed by atoms with Crippen LogP contribution in [0.4, 0.5) is 5.69 Å². The number of carbonyl (C=O) groups is 2. The second kappa shape index (κ2) is 6.08. The molecule has 1 heterocycles. The summed E-state index contributed by atoms with van der Waals surface area (Å²) < 4.78 is 22.9. The number of nitrogens with one attached hydrogen (secondary N) is 1. The molecule has 0 saturated carbocycles. The second-order valence-electron chi connectivity index (χ2n) is 5.73. The van der Waals surface area contributed by atoms with Crippen LogP contribution in [0, 0.1) is 13.8 Å². The summed E-state index contributed by atoms with van der Waals surface area (Å²) in [4.78, 5) is 25.4. The van der Waals surface area contributed by atoms with Crippen molar-refractivity contribution in [3.05, 3.63) is 29.3 Å². The maximum absolute atomic E-state index is 12.1. The first-order valence-electron chi connectivity index (χ1n) is 7.05. The van der Waals surface area contributed by atoms with Gasteiger partial charge in [-0.2, -0.15) is 0 Å². The Morgan fingerprint density at radius 2 is 1.91 bits per heavy atom. The van der Waals surface area contributed by atoms with E-state index in [9.17, 15) is 18.0 Å². The first-order valence-corrected chi connectivity index (χ1v) is 8.87. The molecule has 1 saturated heterocycles. The zero-order valence-electron chi connectivity index (χ0n) is 12.9. The van der Waals surface area contributed by atoms with Crippen molar-refractivity contribution < 1.29 is 18.0 Å². The summed E-state index contributed by atoms with van der Waals surface area (Å²) in [6, 6.07) is 4.96. The lowest BCUT2D eigenvalue weighted by molar-refractivity contribution is -0.143. The smallest absolute Gasteiger partial charge is 0.313 e. The third kappa shape index (κ3) is 3.65. The maximum Gasteiger partial charge on any atom is 0.313 e. The summed E-state index contributed by atoms with van der Waals surface area (Å²) >= 11 is 0. The zero-order chi connectivity index (χ0) is 16.5. The fourth-order valence-corrected chi connectivity index (χ4v) is 4.18. The molecule has 2 rings (SSSR count). The zero-order valence-corrected chi connectivity index (χ0v) is 13.7. The number of nitrogens with zero attached hydrogens (tertiary/aromatic N) is 1. The fourth-order valence-electron chi connectivity index (χ4n) is 2.41. The Morgan fingerprint density at radius 1 is 1.23 bits per heavy atom. The van der Waals surface area contributed by atoms with Gasteiger partial charge in [0, 0.05) is 18.8 Å². The predicted octanol–water partition coefficient (Wildman–Crippen LogP) is 0.887. The van der Waals surface area contributed by atoms with Gasteiger partial charge < -0.3 is 10.2 Å². The average molecular weight is 324 g/mol. The van der Waals surface area contributed by atoms with Gasteiger partial charge in [-0.05, 0) is 43.5 Å². The molecule has 0 aromatic heterocycles. The van der Waals surface area contributed by atoms with Crippen LogP contribution in [0.5, 0.6) is 0 Å². The fraction of sp³-hybridized carbons (Fsp3) is 0.467. The highest BCUT2D eigenvalue weighted by Gasteiger charge is 2.34. The van der Waals surface area contributed by atoms with Crippen LogP contribution in [0.1, 0.15) is 17.5 Å². The number of benzene rings is 1. The number of sulfone groups is 1. The molecule has 1 fully saturated rings. The van der Waals surface area contributed by atoms with Crippen LogP contribution in [0.25, 0.3) is 0 Å². The molecule has 1 atom stereocenters. The van der Waals surface area contributed by atoms with E-state index >= 15 is 0 Å². The van der Waals surface area contributed by atoms with Gasteiger partial charge in [-0.25, -0.2) is 8.42 Å². The number of likely N-dealkylation sites (N-methyl/N-ethyl adjacent to an activating group) is 1. The Labute approximate surface area is 130 Å². The molecule has 0 bridgehead atoms. The summed E-state index contributed by atoms with van der Waals surface area (Å²) in [5.74, 6) is -1.49. The average Bonchev–Trinajstić information content (AvgIpc) is 2.81. The Hall–Kier alpha value is -1.89. The number of aryl methyl sites for hydroxylation is 2. The second-order valence-corrected chi connectivity index (χ2v) is 7.95. The molecule has 0 radical (unpaired) electrons. The summed E-state index contributed by atoms with van der Waals surface area (Å²) in [7, 11) is -1.63. The number of hydrogen-bond donors (Lipinski definition) is 1. The van der Waals surface area contributed by atoms with Crippen molar-refractivity contribution in [1.82, 2.24) is 4.90 Å². The monoisotopic (exact) mass is 324 g/mol. The van der Waals surface area contributed by atoms with Crippen LogP contribution < -0.4 is 5.32 Å². The van der Waals surface area contributed by atoms with Crippen LogP contribution in [0.2, 0.25) is 0 Å². The standard InChI is InChI=1S/C15H20N2O4S/c1-10-4-5-12(8-11(10)2)16-14(18)15(19)17(3)13-6-7-22(20,21)9-13/h4-5,8,13H,6-7,9H2,1-3H3,(H,16,18).